The summed E-state index contributed by atoms with van der Waals surface area (Å²) in [5.74, 6) is -0.0774. The Morgan fingerprint density at radius 2 is 2.26 bits per heavy atom. The Kier molecular flexibility index (Phi) is 6.18. The summed E-state index contributed by atoms with van der Waals surface area (Å²) in [5.41, 5.74) is 0.902. The van der Waals surface area contributed by atoms with Gasteiger partial charge < -0.3 is 5.32 Å². The zero-order valence-electron chi connectivity index (χ0n) is 15.4. The van der Waals surface area contributed by atoms with Gasteiger partial charge in [-0.05, 0) is 37.8 Å². The van der Waals surface area contributed by atoms with Crippen LogP contribution in [0.15, 0.2) is 40.1 Å². The number of carbonyl (C=O) groups is 1. The van der Waals surface area contributed by atoms with E-state index in [0.29, 0.717) is 23.6 Å². The second-order valence-electron chi connectivity index (χ2n) is 6.12. The average Bonchev–Trinajstić information content (AvgIpc) is 3.24. The van der Waals surface area contributed by atoms with E-state index < -0.39 is 0 Å². The van der Waals surface area contributed by atoms with Crippen molar-refractivity contribution in [1.82, 2.24) is 14.9 Å². The van der Waals surface area contributed by atoms with Crippen molar-refractivity contribution in [2.75, 3.05) is 0 Å². The van der Waals surface area contributed by atoms with Crippen molar-refractivity contribution in [2.24, 2.45) is 0 Å². The number of aromatic nitrogens is 2. The number of nitrogens with one attached hydrogen (secondary N) is 1. The lowest BCUT2D eigenvalue weighted by molar-refractivity contribution is -0.120. The normalized spacial score (nSPS) is 12.3. The summed E-state index contributed by atoms with van der Waals surface area (Å²) in [7, 11) is 0. The van der Waals surface area contributed by atoms with Crippen LogP contribution in [0.2, 0.25) is 0 Å². The summed E-state index contributed by atoms with van der Waals surface area (Å²) < 4.78 is 1.60. The Hall–Kier alpha value is -1.90. The Bertz CT molecular complexity index is 1030. The molecule has 0 saturated heterocycles. The molecule has 0 fully saturated rings. The van der Waals surface area contributed by atoms with Gasteiger partial charge in [-0.25, -0.2) is 4.98 Å². The number of thiophene rings is 2. The Morgan fingerprint density at radius 3 is 2.93 bits per heavy atom. The molecule has 1 atom stereocenters. The van der Waals surface area contributed by atoms with E-state index in [1.807, 2.05) is 38.3 Å². The first-order valence-electron chi connectivity index (χ1n) is 8.50. The summed E-state index contributed by atoms with van der Waals surface area (Å²) in [6.07, 6.45) is 1.68. The van der Waals surface area contributed by atoms with E-state index in [4.69, 9.17) is 0 Å². The van der Waals surface area contributed by atoms with E-state index in [2.05, 4.69) is 16.9 Å². The van der Waals surface area contributed by atoms with Crippen molar-refractivity contribution >= 4 is 50.6 Å². The predicted octanol–water partition coefficient (Wildman–Crippen LogP) is 4.12. The molecule has 0 aliphatic rings. The molecule has 0 saturated carbocycles. The molecule has 3 aromatic rings. The number of amides is 1. The highest BCUT2D eigenvalue weighted by molar-refractivity contribution is 8.00. The number of hydrogen-bond acceptors (Lipinski definition) is 6. The van der Waals surface area contributed by atoms with Crippen molar-refractivity contribution in [3.05, 3.63) is 55.8 Å². The van der Waals surface area contributed by atoms with Gasteiger partial charge in [0.1, 0.15) is 4.83 Å². The van der Waals surface area contributed by atoms with Gasteiger partial charge in [0.2, 0.25) is 5.91 Å². The first-order chi connectivity index (χ1) is 12.9. The van der Waals surface area contributed by atoms with Crippen LogP contribution in [0.3, 0.4) is 0 Å². The fourth-order valence-corrected chi connectivity index (χ4v) is 5.29. The van der Waals surface area contributed by atoms with Crippen LogP contribution in [0.25, 0.3) is 10.2 Å². The third-order valence-electron chi connectivity index (χ3n) is 4.23. The molecular weight excluding hydrogens is 398 g/mol. The minimum atomic E-state index is -0.368. The third kappa shape index (κ3) is 4.17. The van der Waals surface area contributed by atoms with Crippen LogP contribution in [0.1, 0.15) is 22.2 Å². The number of hydrogen-bond donors (Lipinski definition) is 1. The first-order valence-corrected chi connectivity index (χ1v) is 11.1. The number of aryl methyl sites for hydroxylation is 2. The van der Waals surface area contributed by atoms with Crippen LogP contribution >= 0.6 is 34.4 Å². The molecule has 0 bridgehead atoms. The van der Waals surface area contributed by atoms with Crippen molar-refractivity contribution in [3.63, 3.8) is 0 Å². The lowest BCUT2D eigenvalue weighted by atomic mass is 10.2. The number of thioether (sulfide) groups is 1. The van der Waals surface area contributed by atoms with Gasteiger partial charge in [0, 0.05) is 16.3 Å². The maximum absolute atomic E-state index is 13.0. The predicted molar refractivity (Wildman–Crippen MR) is 115 cm³/mol. The van der Waals surface area contributed by atoms with Crippen LogP contribution in [0, 0.1) is 13.8 Å². The summed E-state index contributed by atoms with van der Waals surface area (Å²) in [6, 6.07) is 3.95. The van der Waals surface area contributed by atoms with Crippen molar-refractivity contribution < 1.29 is 4.79 Å². The van der Waals surface area contributed by atoms with Gasteiger partial charge in [-0.15, -0.1) is 29.3 Å². The molecule has 3 heterocycles. The van der Waals surface area contributed by atoms with Crippen LogP contribution in [-0.4, -0.2) is 20.7 Å². The molecule has 27 heavy (non-hydrogen) atoms. The lowest BCUT2D eigenvalue weighted by Crippen LogP contribution is -2.31. The topological polar surface area (TPSA) is 64.0 Å². The van der Waals surface area contributed by atoms with E-state index in [-0.39, 0.29) is 16.7 Å². The fourth-order valence-electron chi connectivity index (χ4n) is 2.63. The number of nitrogens with zero attached hydrogens (tertiary/aromatic N) is 2. The summed E-state index contributed by atoms with van der Waals surface area (Å²) in [4.78, 5) is 33.0. The highest BCUT2D eigenvalue weighted by Gasteiger charge is 2.21. The summed E-state index contributed by atoms with van der Waals surface area (Å²) >= 11 is 4.42. The minimum absolute atomic E-state index is 0.0737. The molecule has 0 unspecified atom stereocenters. The molecule has 5 nitrogen and oxygen atoms in total. The second-order valence-corrected chi connectivity index (χ2v) is 9.66. The van der Waals surface area contributed by atoms with E-state index in [1.165, 1.54) is 23.1 Å². The van der Waals surface area contributed by atoms with Crippen LogP contribution in [-0.2, 0) is 17.9 Å². The molecule has 8 heteroatoms. The van der Waals surface area contributed by atoms with Crippen LogP contribution in [0.5, 0.6) is 0 Å². The molecule has 0 spiro atoms. The monoisotopic (exact) mass is 419 g/mol. The van der Waals surface area contributed by atoms with Crippen molar-refractivity contribution in [1.29, 1.82) is 0 Å². The Labute approximate surface area is 170 Å². The van der Waals surface area contributed by atoms with Gasteiger partial charge in [-0.1, -0.05) is 23.9 Å². The summed E-state index contributed by atoms with van der Waals surface area (Å²) in [6.45, 7) is 10.4. The number of rotatable bonds is 7. The van der Waals surface area contributed by atoms with Gasteiger partial charge in [0.05, 0.1) is 17.2 Å². The number of fused-ring (bicyclic) bond motifs is 1. The second kappa shape index (κ2) is 8.41. The first kappa shape index (κ1) is 19.9. The van der Waals surface area contributed by atoms with E-state index >= 15 is 0 Å². The average molecular weight is 420 g/mol. The smallest absolute Gasteiger partial charge is 0.263 e. The van der Waals surface area contributed by atoms with E-state index in [0.717, 1.165) is 20.1 Å². The van der Waals surface area contributed by atoms with Gasteiger partial charge in [-0.2, -0.15) is 0 Å². The largest absolute Gasteiger partial charge is 0.350 e. The lowest BCUT2D eigenvalue weighted by Gasteiger charge is -2.14. The maximum Gasteiger partial charge on any atom is 0.263 e. The fraction of sp³-hybridized carbons (Fsp3) is 0.316. The van der Waals surface area contributed by atoms with Crippen molar-refractivity contribution in [2.45, 2.75) is 44.3 Å². The molecule has 0 radical (unpaired) electrons. The summed E-state index contributed by atoms with van der Waals surface area (Å²) in [5, 5.41) is 5.77. The van der Waals surface area contributed by atoms with E-state index in [9.17, 15) is 9.59 Å². The van der Waals surface area contributed by atoms with Gasteiger partial charge in [0.15, 0.2) is 5.16 Å². The molecule has 0 aliphatic carbocycles. The molecule has 3 aromatic heterocycles. The van der Waals surface area contributed by atoms with Gasteiger partial charge in [0.25, 0.3) is 5.56 Å². The highest BCUT2D eigenvalue weighted by Crippen LogP contribution is 2.29. The standard InChI is InChI=1S/C19H21N3O2S3/c1-5-8-22-18(24)15-11(2)12(3)26-17(15)21-19(22)27-13(4)16(23)20-10-14-7-6-9-25-14/h5-7,9,13H,1,8,10H2,2-4H3,(H,20,23)/t13-/m1/s1. The molecule has 1 N–H and O–H groups in total. The quantitative estimate of drug-likeness (QED) is 0.355. The zero-order chi connectivity index (χ0) is 19.6. The Morgan fingerprint density at radius 1 is 1.48 bits per heavy atom. The number of carbonyl (C=O) groups excluding carboxylic acids is 1. The number of allylic oxidation sites excluding steroid dienone is 1. The zero-order valence-corrected chi connectivity index (χ0v) is 17.9. The molecular formula is C19H21N3O2S3. The molecule has 142 valence electrons. The maximum atomic E-state index is 13.0. The molecule has 1 amide bonds. The SMILES string of the molecule is C=CCn1c(S[C@H](C)C(=O)NCc2cccs2)nc2sc(C)c(C)c2c1=O. The van der Waals surface area contributed by atoms with Crippen LogP contribution in [0.4, 0.5) is 0 Å². The molecule has 3 rings (SSSR count). The van der Waals surface area contributed by atoms with Crippen LogP contribution < -0.4 is 10.9 Å². The highest BCUT2D eigenvalue weighted by atomic mass is 32.2. The van der Waals surface area contributed by atoms with E-state index in [1.54, 1.807) is 22.0 Å². The Balaban J connectivity index is 1.86. The van der Waals surface area contributed by atoms with Gasteiger partial charge >= 0.3 is 0 Å². The molecule has 0 aliphatic heterocycles. The van der Waals surface area contributed by atoms with Crippen molar-refractivity contribution in [3.8, 4) is 0 Å². The molecule has 0 aromatic carbocycles. The third-order valence-corrected chi connectivity index (χ3v) is 7.30. The minimum Gasteiger partial charge on any atom is -0.350 e. The van der Waals surface area contributed by atoms with Gasteiger partial charge in [-0.3, -0.25) is 14.2 Å².